The number of phenolic OH excluding ortho intramolecular Hbond substituents is 1. The number of anilines is 2. The molecule has 0 bridgehead atoms. The fourth-order valence-electron chi connectivity index (χ4n) is 3.90. The standard InChI is InChI=1S/C21H21N7O3S.C2H6/c1-26-18-16(3-2-4-17(18)29)28(21(26)31)20-25-14(12-32-20)19(30)24-13-11-23-6-5-15(13)27-9-7-22-8-10-27;1-2/h2-6,11-12,22,29H,7-10H2,1H3,(H,24,30);1-2H3. The van der Waals surface area contributed by atoms with E-state index in [0.29, 0.717) is 21.9 Å². The molecule has 1 aliphatic heterocycles. The molecule has 1 saturated heterocycles. The molecule has 0 aliphatic carbocycles. The van der Waals surface area contributed by atoms with Crippen LogP contribution in [-0.4, -0.2) is 56.3 Å². The summed E-state index contributed by atoms with van der Waals surface area (Å²) in [5.74, 6) is -0.375. The summed E-state index contributed by atoms with van der Waals surface area (Å²) in [5.41, 5.74) is 2.30. The molecule has 10 nitrogen and oxygen atoms in total. The fraction of sp³-hybridized carbons (Fsp3) is 0.304. The van der Waals surface area contributed by atoms with Gasteiger partial charge in [0, 0.05) is 44.8 Å². The molecular formula is C23H27N7O3S. The highest BCUT2D eigenvalue weighted by Crippen LogP contribution is 2.28. The van der Waals surface area contributed by atoms with Gasteiger partial charge in [-0.15, -0.1) is 11.3 Å². The lowest BCUT2D eigenvalue weighted by atomic mass is 10.2. The minimum Gasteiger partial charge on any atom is -0.506 e. The molecule has 1 amide bonds. The second-order valence-corrected chi connectivity index (χ2v) is 8.26. The third kappa shape index (κ3) is 4.27. The molecule has 178 valence electrons. The van der Waals surface area contributed by atoms with Crippen molar-refractivity contribution in [2.24, 2.45) is 7.05 Å². The van der Waals surface area contributed by atoms with Crippen molar-refractivity contribution in [3.8, 4) is 10.9 Å². The number of fused-ring (bicyclic) bond motifs is 1. The number of carbonyl (C=O) groups is 1. The van der Waals surface area contributed by atoms with E-state index >= 15 is 0 Å². The summed E-state index contributed by atoms with van der Waals surface area (Å²) in [5, 5.41) is 18.3. The predicted molar refractivity (Wildman–Crippen MR) is 134 cm³/mol. The van der Waals surface area contributed by atoms with E-state index in [1.54, 1.807) is 37.0 Å². The van der Waals surface area contributed by atoms with Crippen LogP contribution in [0, 0.1) is 0 Å². The van der Waals surface area contributed by atoms with Gasteiger partial charge in [0.25, 0.3) is 5.91 Å². The lowest BCUT2D eigenvalue weighted by Crippen LogP contribution is -2.43. The molecule has 1 aliphatic rings. The SMILES string of the molecule is CC.Cn1c(=O)n(-c2nc(C(=O)Nc3cnccc3N3CCNCC3)cs2)c2cccc(O)c21. The van der Waals surface area contributed by atoms with E-state index in [0.717, 1.165) is 31.9 Å². The Labute approximate surface area is 200 Å². The topological polar surface area (TPSA) is 117 Å². The number of aryl methyl sites for hydroxylation is 1. The van der Waals surface area contributed by atoms with Crippen molar-refractivity contribution in [3.05, 3.63) is 58.2 Å². The molecule has 11 heteroatoms. The Morgan fingerprint density at radius 2 is 1.97 bits per heavy atom. The normalized spacial score (nSPS) is 13.4. The van der Waals surface area contributed by atoms with E-state index in [-0.39, 0.29) is 23.0 Å². The number of imidazole rings is 1. The number of piperazine rings is 1. The van der Waals surface area contributed by atoms with Crippen LogP contribution in [0.25, 0.3) is 16.2 Å². The number of benzene rings is 1. The summed E-state index contributed by atoms with van der Waals surface area (Å²) >= 11 is 1.18. The summed E-state index contributed by atoms with van der Waals surface area (Å²) < 4.78 is 2.76. The Morgan fingerprint density at radius 1 is 1.21 bits per heavy atom. The summed E-state index contributed by atoms with van der Waals surface area (Å²) in [6, 6.07) is 6.80. The van der Waals surface area contributed by atoms with Gasteiger partial charge in [0.05, 0.1) is 23.1 Å². The zero-order valence-corrected chi connectivity index (χ0v) is 20.1. The van der Waals surface area contributed by atoms with Crippen LogP contribution < -0.4 is 21.2 Å². The van der Waals surface area contributed by atoms with Gasteiger partial charge in [0.2, 0.25) is 0 Å². The number of para-hydroxylation sites is 1. The molecule has 0 radical (unpaired) electrons. The van der Waals surface area contributed by atoms with Crippen LogP contribution >= 0.6 is 11.3 Å². The predicted octanol–water partition coefficient (Wildman–Crippen LogP) is 2.57. The van der Waals surface area contributed by atoms with Crippen LogP contribution in [0.4, 0.5) is 11.4 Å². The van der Waals surface area contributed by atoms with Crippen LogP contribution in [-0.2, 0) is 7.05 Å². The molecule has 4 aromatic rings. The highest BCUT2D eigenvalue weighted by atomic mass is 32.1. The second kappa shape index (κ2) is 10.1. The van der Waals surface area contributed by atoms with Gasteiger partial charge in [-0.25, -0.2) is 14.3 Å². The number of nitrogens with one attached hydrogen (secondary N) is 2. The summed E-state index contributed by atoms with van der Waals surface area (Å²) in [6.45, 7) is 7.43. The van der Waals surface area contributed by atoms with Crippen molar-refractivity contribution >= 4 is 39.7 Å². The molecule has 0 spiro atoms. The zero-order valence-electron chi connectivity index (χ0n) is 19.3. The Bertz CT molecular complexity index is 1370. The van der Waals surface area contributed by atoms with Gasteiger partial charge >= 0.3 is 5.69 Å². The number of aromatic hydroxyl groups is 1. The van der Waals surface area contributed by atoms with E-state index < -0.39 is 0 Å². The Kier molecular flexibility index (Phi) is 6.94. The van der Waals surface area contributed by atoms with Crippen molar-refractivity contribution in [1.29, 1.82) is 0 Å². The van der Waals surface area contributed by atoms with Crippen LogP contribution in [0.15, 0.2) is 46.8 Å². The van der Waals surface area contributed by atoms with Crippen molar-refractivity contribution in [2.75, 3.05) is 36.4 Å². The molecule has 0 saturated carbocycles. The number of thiazole rings is 1. The van der Waals surface area contributed by atoms with Gasteiger partial charge in [-0.3, -0.25) is 14.3 Å². The number of hydrogen-bond acceptors (Lipinski definition) is 8. The molecule has 34 heavy (non-hydrogen) atoms. The van der Waals surface area contributed by atoms with Crippen molar-refractivity contribution in [3.63, 3.8) is 0 Å². The highest BCUT2D eigenvalue weighted by Gasteiger charge is 2.21. The molecule has 0 unspecified atom stereocenters. The smallest absolute Gasteiger partial charge is 0.335 e. The van der Waals surface area contributed by atoms with Gasteiger partial charge in [-0.05, 0) is 18.2 Å². The average molecular weight is 482 g/mol. The van der Waals surface area contributed by atoms with Gasteiger partial charge in [-0.2, -0.15) is 0 Å². The third-order valence-electron chi connectivity index (χ3n) is 5.47. The largest absolute Gasteiger partial charge is 0.506 e. The Morgan fingerprint density at radius 3 is 2.74 bits per heavy atom. The monoisotopic (exact) mass is 481 g/mol. The van der Waals surface area contributed by atoms with E-state index in [1.807, 2.05) is 19.9 Å². The first kappa shape index (κ1) is 23.5. The zero-order chi connectivity index (χ0) is 24.2. The first-order valence-corrected chi connectivity index (χ1v) is 12.0. The second-order valence-electron chi connectivity index (χ2n) is 7.42. The maximum atomic E-state index is 12.9. The van der Waals surface area contributed by atoms with E-state index in [9.17, 15) is 14.7 Å². The summed E-state index contributed by atoms with van der Waals surface area (Å²) in [6.07, 6.45) is 3.33. The van der Waals surface area contributed by atoms with Crippen molar-refractivity contribution < 1.29 is 9.90 Å². The maximum absolute atomic E-state index is 12.9. The van der Waals surface area contributed by atoms with Crippen molar-refractivity contribution in [1.82, 2.24) is 24.4 Å². The van der Waals surface area contributed by atoms with E-state index in [4.69, 9.17) is 0 Å². The molecule has 5 rings (SSSR count). The minimum atomic E-state index is -0.381. The Hall–Kier alpha value is -3.70. The number of amides is 1. The number of hydrogen-bond donors (Lipinski definition) is 3. The number of aromatic nitrogens is 4. The molecule has 4 heterocycles. The maximum Gasteiger partial charge on any atom is 0.335 e. The number of nitrogens with zero attached hydrogens (tertiary/aromatic N) is 5. The molecule has 3 aromatic heterocycles. The summed E-state index contributed by atoms with van der Waals surface area (Å²) in [4.78, 5) is 36.5. The van der Waals surface area contributed by atoms with Gasteiger partial charge in [-0.1, -0.05) is 19.9 Å². The number of rotatable bonds is 4. The van der Waals surface area contributed by atoms with Crippen LogP contribution in [0.2, 0.25) is 0 Å². The molecule has 0 atom stereocenters. The first-order valence-electron chi connectivity index (χ1n) is 11.1. The molecule has 3 N–H and O–H groups in total. The summed E-state index contributed by atoms with van der Waals surface area (Å²) in [7, 11) is 1.59. The lowest BCUT2D eigenvalue weighted by Gasteiger charge is -2.30. The number of pyridine rings is 1. The third-order valence-corrected chi connectivity index (χ3v) is 6.29. The molecular weight excluding hydrogens is 454 g/mol. The van der Waals surface area contributed by atoms with Crippen LogP contribution in [0.5, 0.6) is 5.75 Å². The first-order chi connectivity index (χ1) is 16.5. The molecule has 1 fully saturated rings. The number of phenols is 1. The lowest BCUT2D eigenvalue weighted by molar-refractivity contribution is 0.102. The van der Waals surface area contributed by atoms with E-state index in [2.05, 4.69) is 25.5 Å². The highest BCUT2D eigenvalue weighted by molar-refractivity contribution is 7.12. The van der Waals surface area contributed by atoms with Gasteiger partial charge in [0.1, 0.15) is 17.0 Å². The Balaban J connectivity index is 0.00000133. The van der Waals surface area contributed by atoms with Crippen LogP contribution in [0.1, 0.15) is 24.3 Å². The minimum absolute atomic E-state index is 0.00684. The van der Waals surface area contributed by atoms with Crippen LogP contribution in [0.3, 0.4) is 0 Å². The van der Waals surface area contributed by atoms with Crippen molar-refractivity contribution in [2.45, 2.75) is 13.8 Å². The number of carbonyl (C=O) groups excluding carboxylic acids is 1. The molecule has 1 aromatic carbocycles. The fourth-order valence-corrected chi connectivity index (χ4v) is 4.71. The van der Waals surface area contributed by atoms with Gasteiger partial charge in [0.15, 0.2) is 5.13 Å². The van der Waals surface area contributed by atoms with E-state index in [1.165, 1.54) is 26.5 Å². The quantitative estimate of drug-likeness (QED) is 0.410. The van der Waals surface area contributed by atoms with Gasteiger partial charge < -0.3 is 20.6 Å². The average Bonchev–Trinajstić information content (AvgIpc) is 3.45.